The van der Waals surface area contributed by atoms with E-state index in [1.807, 2.05) is 54.5 Å². The molecule has 2 aliphatic rings. The largest absolute Gasteiger partial charge is 0.416 e. The van der Waals surface area contributed by atoms with Crippen LogP contribution in [0.5, 0.6) is 0 Å². The number of benzene rings is 2. The summed E-state index contributed by atoms with van der Waals surface area (Å²) in [5.41, 5.74) is 3.38. The van der Waals surface area contributed by atoms with E-state index in [2.05, 4.69) is 26.3 Å². The van der Waals surface area contributed by atoms with Crippen LogP contribution in [0.2, 0.25) is 0 Å². The fourth-order valence-electron chi connectivity index (χ4n) is 4.13. The van der Waals surface area contributed by atoms with Crippen molar-refractivity contribution in [1.29, 1.82) is 0 Å². The van der Waals surface area contributed by atoms with Gasteiger partial charge in [0.15, 0.2) is 0 Å². The summed E-state index contributed by atoms with van der Waals surface area (Å²) < 4.78 is 39.2. The van der Waals surface area contributed by atoms with E-state index in [1.54, 1.807) is 19.2 Å². The normalized spacial score (nSPS) is 14.8. The van der Waals surface area contributed by atoms with Crippen LogP contribution in [0.25, 0.3) is 11.1 Å². The molecule has 2 heterocycles. The Morgan fingerprint density at radius 2 is 1.60 bits per heavy atom. The van der Waals surface area contributed by atoms with Crippen LogP contribution in [-0.4, -0.2) is 69.3 Å². The molecule has 5 rings (SSSR count). The number of rotatable bonds is 9. The molecule has 2 fully saturated rings. The number of hydrogen-bond donors (Lipinski definition) is 4. The summed E-state index contributed by atoms with van der Waals surface area (Å²) in [4.78, 5) is 26.1. The molecule has 0 radical (unpaired) electrons. The average molecular weight is 585 g/mol. The van der Waals surface area contributed by atoms with Crippen LogP contribution in [0, 0.1) is 5.92 Å². The number of nitrogens with one attached hydrogen (secondary N) is 4. The standard InChI is InChI=1S/C14H15N3O.C13H18F3N3.C4H6O/c1-15-14-7-4-12(10-17-14)11-2-5-13(6-3-11)16-8-9-18;1-17-11-3-2-10(12(8-11)13(14,15)16)9-19-6-4-18-5-7-19;5-3-4-1-2-4/h2-7,9-10,16H,8H2,1H3,(H,15,17);2-3,8,17-18H,4-7,9H2,1H3;3-4H,1-2H2. The predicted octanol–water partition coefficient (Wildman–Crippen LogP) is 5.15. The molecule has 1 aliphatic heterocycles. The van der Waals surface area contributed by atoms with Gasteiger partial charge < -0.3 is 30.9 Å². The van der Waals surface area contributed by atoms with Crippen molar-refractivity contribution in [1.82, 2.24) is 15.2 Å². The number of halogens is 3. The van der Waals surface area contributed by atoms with Gasteiger partial charge in [-0.05, 0) is 60.4 Å². The highest BCUT2D eigenvalue weighted by Crippen LogP contribution is 2.34. The first-order valence-electron chi connectivity index (χ1n) is 13.9. The fourth-order valence-corrected chi connectivity index (χ4v) is 4.13. The van der Waals surface area contributed by atoms with Crippen LogP contribution in [0.15, 0.2) is 60.8 Å². The monoisotopic (exact) mass is 584 g/mol. The number of pyridine rings is 1. The summed E-state index contributed by atoms with van der Waals surface area (Å²) in [5, 5.41) is 11.9. The zero-order valence-electron chi connectivity index (χ0n) is 24.0. The molecule has 0 atom stereocenters. The lowest BCUT2D eigenvalue weighted by atomic mass is 10.0. The van der Waals surface area contributed by atoms with E-state index in [1.165, 1.54) is 6.07 Å². The van der Waals surface area contributed by atoms with E-state index in [0.29, 0.717) is 30.3 Å². The Kier molecular flexibility index (Phi) is 12.8. The van der Waals surface area contributed by atoms with Crippen molar-refractivity contribution in [3.63, 3.8) is 0 Å². The molecule has 2 aromatic carbocycles. The molecule has 1 aromatic heterocycles. The van der Waals surface area contributed by atoms with E-state index < -0.39 is 11.7 Å². The summed E-state index contributed by atoms with van der Waals surface area (Å²) in [6, 6.07) is 16.3. The number of aromatic nitrogens is 1. The third-order valence-electron chi connectivity index (χ3n) is 6.75. The summed E-state index contributed by atoms with van der Waals surface area (Å²) in [6.07, 6.45) is 1.68. The molecule has 0 bridgehead atoms. The predicted molar refractivity (Wildman–Crippen MR) is 162 cm³/mol. The van der Waals surface area contributed by atoms with Crippen molar-refractivity contribution in [3.8, 4) is 11.1 Å². The number of carbonyl (C=O) groups excluding carboxylic acids is 2. The van der Waals surface area contributed by atoms with Crippen LogP contribution in [-0.2, 0) is 22.3 Å². The third kappa shape index (κ3) is 10.8. The van der Waals surface area contributed by atoms with Crippen molar-refractivity contribution in [2.75, 3.05) is 62.8 Å². The lowest BCUT2D eigenvalue weighted by Gasteiger charge is -2.28. The van der Waals surface area contributed by atoms with Gasteiger partial charge in [-0.1, -0.05) is 18.2 Å². The number of nitrogens with zero attached hydrogens (tertiary/aromatic N) is 2. The van der Waals surface area contributed by atoms with Gasteiger partial charge in [0, 0.05) is 75.9 Å². The first-order valence-corrected chi connectivity index (χ1v) is 13.9. The molecule has 0 spiro atoms. The maximum Gasteiger partial charge on any atom is 0.416 e. The second-order valence-electron chi connectivity index (χ2n) is 9.93. The molecular formula is C31H39F3N6O2. The summed E-state index contributed by atoms with van der Waals surface area (Å²) in [5.74, 6) is 1.30. The van der Waals surface area contributed by atoms with Crippen LogP contribution >= 0.6 is 0 Å². The van der Waals surface area contributed by atoms with Crippen LogP contribution in [0.4, 0.5) is 30.4 Å². The van der Waals surface area contributed by atoms with Crippen LogP contribution in [0.3, 0.4) is 0 Å². The number of hydrogen-bond acceptors (Lipinski definition) is 8. The zero-order chi connectivity index (χ0) is 30.4. The first-order chi connectivity index (χ1) is 20.3. The smallest absolute Gasteiger partial charge is 0.388 e. The van der Waals surface area contributed by atoms with Crippen molar-refractivity contribution < 1.29 is 22.8 Å². The van der Waals surface area contributed by atoms with Crippen LogP contribution in [0.1, 0.15) is 24.0 Å². The van der Waals surface area contributed by atoms with Gasteiger partial charge in [0.1, 0.15) is 18.4 Å². The molecular weight excluding hydrogens is 545 g/mol. The number of aldehydes is 2. The summed E-state index contributed by atoms with van der Waals surface area (Å²) in [6.45, 7) is 3.90. The molecule has 3 aromatic rings. The van der Waals surface area contributed by atoms with Gasteiger partial charge >= 0.3 is 6.18 Å². The molecule has 226 valence electrons. The molecule has 1 saturated heterocycles. The maximum absolute atomic E-state index is 13.1. The fraction of sp³-hybridized carbons (Fsp3) is 0.387. The van der Waals surface area contributed by atoms with E-state index in [9.17, 15) is 22.8 Å². The molecule has 8 nitrogen and oxygen atoms in total. The SMILES string of the molecule is CNc1ccc(-c2ccc(NCC=O)cc2)cn1.CNc1ccc(CN2CCNCC2)c(C(F)(F)F)c1.O=CC1CC1. The minimum atomic E-state index is -4.31. The lowest BCUT2D eigenvalue weighted by Crippen LogP contribution is -2.43. The van der Waals surface area contributed by atoms with Gasteiger partial charge in [-0.2, -0.15) is 13.2 Å². The second-order valence-corrected chi connectivity index (χ2v) is 9.93. The molecule has 1 aliphatic carbocycles. The Bertz CT molecular complexity index is 1240. The van der Waals surface area contributed by atoms with Gasteiger partial charge in [-0.25, -0.2) is 4.98 Å². The summed E-state index contributed by atoms with van der Waals surface area (Å²) in [7, 11) is 3.46. The molecule has 11 heteroatoms. The molecule has 0 unspecified atom stereocenters. The highest BCUT2D eigenvalue weighted by Gasteiger charge is 2.34. The van der Waals surface area contributed by atoms with Gasteiger partial charge in [-0.15, -0.1) is 0 Å². The number of alkyl halides is 3. The van der Waals surface area contributed by atoms with E-state index in [-0.39, 0.29) is 0 Å². The highest BCUT2D eigenvalue weighted by atomic mass is 19.4. The second kappa shape index (κ2) is 16.5. The van der Waals surface area contributed by atoms with E-state index >= 15 is 0 Å². The Balaban J connectivity index is 0.000000198. The van der Waals surface area contributed by atoms with Crippen molar-refractivity contribution in [2.45, 2.75) is 25.6 Å². The van der Waals surface area contributed by atoms with Gasteiger partial charge in [0.2, 0.25) is 0 Å². The minimum Gasteiger partial charge on any atom is -0.388 e. The lowest BCUT2D eigenvalue weighted by molar-refractivity contribution is -0.138. The number of carbonyl (C=O) groups is 2. The average Bonchev–Trinajstić information content (AvgIpc) is 3.86. The number of piperazine rings is 1. The third-order valence-corrected chi connectivity index (χ3v) is 6.75. The van der Waals surface area contributed by atoms with E-state index in [0.717, 1.165) is 74.2 Å². The Morgan fingerprint density at radius 1 is 0.929 bits per heavy atom. The Hall–Kier alpha value is -3.96. The minimum absolute atomic E-state index is 0.331. The van der Waals surface area contributed by atoms with Gasteiger partial charge in [0.25, 0.3) is 0 Å². The first kappa shape index (κ1) is 32.6. The number of anilines is 3. The zero-order valence-corrected chi connectivity index (χ0v) is 24.0. The highest BCUT2D eigenvalue weighted by molar-refractivity contribution is 5.67. The summed E-state index contributed by atoms with van der Waals surface area (Å²) >= 11 is 0. The molecule has 4 N–H and O–H groups in total. The topological polar surface area (TPSA) is 98.4 Å². The van der Waals surface area contributed by atoms with Crippen molar-refractivity contribution in [2.24, 2.45) is 5.92 Å². The van der Waals surface area contributed by atoms with Gasteiger partial charge in [-0.3, -0.25) is 4.90 Å². The Labute approximate surface area is 245 Å². The van der Waals surface area contributed by atoms with Gasteiger partial charge in [0.05, 0.1) is 12.1 Å². The maximum atomic E-state index is 13.1. The van der Waals surface area contributed by atoms with Crippen LogP contribution < -0.4 is 21.3 Å². The van der Waals surface area contributed by atoms with E-state index in [4.69, 9.17) is 0 Å². The van der Waals surface area contributed by atoms with Crippen molar-refractivity contribution in [3.05, 3.63) is 71.9 Å². The quantitative estimate of drug-likeness (QED) is 0.257. The molecule has 42 heavy (non-hydrogen) atoms. The van der Waals surface area contributed by atoms with Crippen molar-refractivity contribution >= 4 is 29.8 Å². The Morgan fingerprint density at radius 3 is 2.10 bits per heavy atom. The molecule has 0 amide bonds. The molecule has 1 saturated carbocycles.